The number of carbonyl (C=O) groups is 1. The summed E-state index contributed by atoms with van der Waals surface area (Å²) in [6.07, 6.45) is 6.41. The second-order valence-electron chi connectivity index (χ2n) is 10.9. The molecule has 1 amide bonds. The number of thiophene rings is 1. The summed E-state index contributed by atoms with van der Waals surface area (Å²) >= 11 is 1.65. The summed E-state index contributed by atoms with van der Waals surface area (Å²) < 4.78 is 11.4. The summed E-state index contributed by atoms with van der Waals surface area (Å²) in [7, 11) is 0. The van der Waals surface area contributed by atoms with Crippen LogP contribution in [0.5, 0.6) is 5.75 Å². The predicted molar refractivity (Wildman–Crippen MR) is 154 cm³/mol. The number of benzene rings is 2. The largest absolute Gasteiger partial charge is 0.489 e. The Morgan fingerprint density at radius 3 is 2.74 bits per heavy atom. The minimum Gasteiger partial charge on any atom is -0.489 e. The highest BCUT2D eigenvalue weighted by Gasteiger charge is 2.33. The SMILES string of the molecule is CC(C)(C)[C@@H]1CCc2c(sc(N=Cc3cccc(OCc4ccccc4)c3)c2C(=O)NCc2ccco2)C1. The van der Waals surface area contributed by atoms with Gasteiger partial charge < -0.3 is 14.5 Å². The summed E-state index contributed by atoms with van der Waals surface area (Å²) in [5.74, 6) is 2.00. The number of hydrogen-bond donors (Lipinski definition) is 1. The van der Waals surface area contributed by atoms with Crippen LogP contribution < -0.4 is 10.1 Å². The monoisotopic (exact) mass is 526 g/mol. The van der Waals surface area contributed by atoms with Crippen molar-refractivity contribution in [2.45, 2.75) is 53.2 Å². The number of amides is 1. The Labute approximate surface area is 228 Å². The Morgan fingerprint density at radius 1 is 1.13 bits per heavy atom. The van der Waals surface area contributed by atoms with Crippen LogP contribution >= 0.6 is 11.3 Å². The van der Waals surface area contributed by atoms with Crippen molar-refractivity contribution in [3.8, 4) is 5.75 Å². The Balaban J connectivity index is 1.38. The Morgan fingerprint density at radius 2 is 1.97 bits per heavy atom. The highest BCUT2D eigenvalue weighted by atomic mass is 32.1. The molecule has 0 bridgehead atoms. The number of carbonyl (C=O) groups excluding carboxylic acids is 1. The molecule has 196 valence electrons. The molecule has 0 aliphatic heterocycles. The van der Waals surface area contributed by atoms with Gasteiger partial charge in [-0.3, -0.25) is 4.79 Å². The summed E-state index contributed by atoms with van der Waals surface area (Å²) in [5.41, 5.74) is 4.13. The molecule has 1 aliphatic rings. The number of hydrogen-bond acceptors (Lipinski definition) is 5. The van der Waals surface area contributed by atoms with E-state index in [9.17, 15) is 4.79 Å². The van der Waals surface area contributed by atoms with Gasteiger partial charge in [0, 0.05) is 11.1 Å². The van der Waals surface area contributed by atoms with E-state index in [0.29, 0.717) is 24.6 Å². The topological polar surface area (TPSA) is 63.8 Å². The van der Waals surface area contributed by atoms with Gasteiger partial charge in [-0.15, -0.1) is 11.3 Å². The van der Waals surface area contributed by atoms with Gasteiger partial charge in [0.1, 0.15) is 23.1 Å². The van der Waals surface area contributed by atoms with E-state index in [4.69, 9.17) is 14.1 Å². The zero-order valence-corrected chi connectivity index (χ0v) is 23.0. The van der Waals surface area contributed by atoms with Crippen LogP contribution in [0.15, 0.2) is 82.4 Å². The number of nitrogens with one attached hydrogen (secondary N) is 1. The molecule has 0 saturated carbocycles. The van der Waals surface area contributed by atoms with Gasteiger partial charge in [0.25, 0.3) is 5.91 Å². The quantitative estimate of drug-likeness (QED) is 0.239. The molecule has 0 unspecified atom stereocenters. The first-order valence-electron chi connectivity index (χ1n) is 13.1. The molecule has 0 radical (unpaired) electrons. The minimum atomic E-state index is -0.0970. The Bertz CT molecular complexity index is 1400. The number of nitrogens with zero attached hydrogens (tertiary/aromatic N) is 1. The molecule has 4 aromatic rings. The maximum atomic E-state index is 13.4. The third-order valence-electron chi connectivity index (χ3n) is 7.14. The van der Waals surface area contributed by atoms with Crippen LogP contribution in [0.1, 0.15) is 64.9 Å². The van der Waals surface area contributed by atoms with Gasteiger partial charge >= 0.3 is 0 Å². The maximum Gasteiger partial charge on any atom is 0.255 e. The van der Waals surface area contributed by atoms with Crippen LogP contribution in [0.2, 0.25) is 0 Å². The summed E-state index contributed by atoms with van der Waals surface area (Å²) in [6.45, 7) is 7.77. The smallest absolute Gasteiger partial charge is 0.255 e. The van der Waals surface area contributed by atoms with E-state index in [1.807, 2.05) is 72.9 Å². The van der Waals surface area contributed by atoms with Gasteiger partial charge in [0.05, 0.1) is 18.4 Å². The van der Waals surface area contributed by atoms with Crippen LogP contribution in [0.25, 0.3) is 0 Å². The normalized spacial score (nSPS) is 15.4. The summed E-state index contributed by atoms with van der Waals surface area (Å²) in [5, 5.41) is 3.80. The highest BCUT2D eigenvalue weighted by molar-refractivity contribution is 7.16. The fourth-order valence-electron chi connectivity index (χ4n) is 4.86. The standard InChI is InChI=1S/C32H34N2O3S/c1-32(2,3)24-14-15-27-28(18-24)38-31(29(27)30(35)33-20-26-13-8-16-36-26)34-19-23-11-7-12-25(17-23)37-21-22-9-5-4-6-10-22/h4-13,16-17,19,24H,14-15,18,20-21H2,1-3H3,(H,33,35)/t24-/m1/s1. The predicted octanol–water partition coefficient (Wildman–Crippen LogP) is 7.75. The molecule has 38 heavy (non-hydrogen) atoms. The zero-order chi connectivity index (χ0) is 26.5. The van der Waals surface area contributed by atoms with E-state index in [-0.39, 0.29) is 11.3 Å². The first-order valence-corrected chi connectivity index (χ1v) is 13.9. The lowest BCUT2D eigenvalue weighted by Gasteiger charge is -2.33. The average Bonchev–Trinajstić information content (AvgIpc) is 3.57. The number of aliphatic imine (C=N–C) groups is 1. The van der Waals surface area contributed by atoms with E-state index >= 15 is 0 Å². The molecule has 0 spiro atoms. The van der Waals surface area contributed by atoms with Crippen LogP contribution in [0.3, 0.4) is 0 Å². The van der Waals surface area contributed by atoms with E-state index < -0.39 is 0 Å². The Kier molecular flexibility index (Phi) is 7.79. The van der Waals surface area contributed by atoms with Crippen molar-refractivity contribution in [2.75, 3.05) is 0 Å². The second-order valence-corrected chi connectivity index (χ2v) is 11.9. The molecular formula is C32H34N2O3S. The molecule has 5 rings (SSSR count). The van der Waals surface area contributed by atoms with Crippen molar-refractivity contribution in [1.29, 1.82) is 0 Å². The third-order valence-corrected chi connectivity index (χ3v) is 8.30. The molecular weight excluding hydrogens is 492 g/mol. The number of fused-ring (bicyclic) bond motifs is 1. The van der Waals surface area contributed by atoms with Crippen molar-refractivity contribution >= 4 is 28.5 Å². The highest BCUT2D eigenvalue weighted by Crippen LogP contribution is 2.45. The van der Waals surface area contributed by atoms with Gasteiger partial charge in [-0.05, 0) is 71.6 Å². The first kappa shape index (κ1) is 26.0. The molecule has 1 atom stereocenters. The molecule has 1 N–H and O–H groups in total. The van der Waals surface area contributed by atoms with Crippen LogP contribution in [-0.4, -0.2) is 12.1 Å². The minimum absolute atomic E-state index is 0.0970. The zero-order valence-electron chi connectivity index (χ0n) is 22.2. The van der Waals surface area contributed by atoms with Crippen molar-refractivity contribution in [2.24, 2.45) is 16.3 Å². The Hall–Kier alpha value is -3.64. The second kappa shape index (κ2) is 11.4. The number of furan rings is 1. The third kappa shape index (κ3) is 6.25. The molecule has 2 heterocycles. The van der Waals surface area contributed by atoms with Crippen LogP contribution in [0.4, 0.5) is 5.00 Å². The fourth-order valence-corrected chi connectivity index (χ4v) is 6.13. The number of ether oxygens (including phenoxy) is 1. The lowest BCUT2D eigenvalue weighted by Crippen LogP contribution is -2.28. The van der Waals surface area contributed by atoms with Crippen LogP contribution in [-0.2, 0) is 26.0 Å². The van der Waals surface area contributed by atoms with Gasteiger partial charge in [0.2, 0.25) is 0 Å². The molecule has 0 saturated heterocycles. The summed E-state index contributed by atoms with van der Waals surface area (Å²) in [4.78, 5) is 19.5. The van der Waals surface area contributed by atoms with Gasteiger partial charge in [-0.25, -0.2) is 4.99 Å². The van der Waals surface area contributed by atoms with E-state index in [1.54, 1.807) is 17.6 Å². The van der Waals surface area contributed by atoms with E-state index in [0.717, 1.165) is 52.5 Å². The molecule has 2 aromatic heterocycles. The molecule has 0 fully saturated rings. The molecule has 2 aromatic carbocycles. The van der Waals surface area contributed by atoms with Crippen molar-refractivity contribution in [1.82, 2.24) is 5.32 Å². The van der Waals surface area contributed by atoms with Gasteiger partial charge in [-0.2, -0.15) is 0 Å². The molecule has 1 aliphatic carbocycles. The van der Waals surface area contributed by atoms with E-state index in [1.165, 1.54) is 4.88 Å². The fraction of sp³-hybridized carbons (Fsp3) is 0.312. The maximum absolute atomic E-state index is 13.4. The lowest BCUT2D eigenvalue weighted by molar-refractivity contribution is 0.0947. The summed E-state index contributed by atoms with van der Waals surface area (Å²) in [6, 6.07) is 21.7. The first-order chi connectivity index (χ1) is 18.4. The van der Waals surface area contributed by atoms with Crippen molar-refractivity contribution in [3.05, 3.63) is 106 Å². The molecule has 5 nitrogen and oxygen atoms in total. The van der Waals surface area contributed by atoms with Crippen LogP contribution in [0, 0.1) is 11.3 Å². The van der Waals surface area contributed by atoms with Gasteiger partial charge in [0.15, 0.2) is 0 Å². The van der Waals surface area contributed by atoms with E-state index in [2.05, 4.69) is 26.1 Å². The van der Waals surface area contributed by atoms with Gasteiger partial charge in [-0.1, -0.05) is 63.2 Å². The average molecular weight is 527 g/mol. The molecule has 6 heteroatoms. The number of rotatable bonds is 8. The van der Waals surface area contributed by atoms with Crippen molar-refractivity contribution in [3.63, 3.8) is 0 Å². The van der Waals surface area contributed by atoms with Crippen molar-refractivity contribution < 1.29 is 13.9 Å². The lowest BCUT2D eigenvalue weighted by atomic mass is 9.72.